The van der Waals surface area contributed by atoms with Crippen molar-refractivity contribution in [2.75, 3.05) is 27.4 Å². The van der Waals surface area contributed by atoms with Crippen LogP contribution in [0.15, 0.2) is 68.3 Å². The number of sulfonamides is 2. The molecule has 4 rings (SSSR count). The molecule has 1 amide bonds. The molecular formula is C24H31N7O10S2. The van der Waals surface area contributed by atoms with E-state index in [-0.39, 0.29) is 22.8 Å². The van der Waals surface area contributed by atoms with Crippen LogP contribution in [0.5, 0.6) is 11.5 Å². The molecule has 4 atom stereocenters. The Balaban J connectivity index is 1.71. The zero-order valence-electron chi connectivity index (χ0n) is 22.9. The van der Waals surface area contributed by atoms with Crippen LogP contribution in [0, 0.1) is 0 Å². The number of rotatable bonds is 9. The van der Waals surface area contributed by atoms with Crippen LogP contribution in [0.25, 0.3) is 0 Å². The molecule has 8 N–H and O–H groups in total. The molecule has 2 heterocycles. The lowest BCUT2D eigenvalue weighted by Gasteiger charge is -2.46. The smallest absolute Gasteiger partial charge is 0.404 e. The zero-order valence-corrected chi connectivity index (χ0v) is 24.6. The molecule has 2 aromatic rings. The van der Waals surface area contributed by atoms with E-state index in [4.69, 9.17) is 25.7 Å². The van der Waals surface area contributed by atoms with Crippen molar-refractivity contribution in [1.82, 2.24) is 14.3 Å². The van der Waals surface area contributed by atoms with Gasteiger partial charge in [-0.2, -0.15) is 0 Å². The summed E-state index contributed by atoms with van der Waals surface area (Å²) in [5, 5.41) is 22.7. The number of carbonyl (C=O) groups excluding carboxylic acids is 1. The third-order valence-electron chi connectivity index (χ3n) is 6.77. The van der Waals surface area contributed by atoms with Crippen LogP contribution >= 0.6 is 0 Å². The summed E-state index contributed by atoms with van der Waals surface area (Å²) in [6, 6.07) is 7.82. The average molecular weight is 642 g/mol. The van der Waals surface area contributed by atoms with E-state index in [1.807, 2.05) is 0 Å². The Morgan fingerprint density at radius 1 is 1.02 bits per heavy atom. The number of hydrogen-bond acceptors (Lipinski definition) is 13. The van der Waals surface area contributed by atoms with Crippen molar-refractivity contribution in [2.24, 2.45) is 21.5 Å². The Morgan fingerprint density at radius 2 is 1.56 bits per heavy atom. The van der Waals surface area contributed by atoms with Crippen molar-refractivity contribution in [2.45, 2.75) is 40.1 Å². The third kappa shape index (κ3) is 6.53. The standard InChI is InChI=1S/C24H31N7O10S2/c1-39-14-3-7-16(8-4-14)42(35,36)29-21(25)28-20-18(13-41-22(26)33)27-23(31-12-11-19(32)24(20,31)34)30-43(37,38)17-9-5-15(40-2)6-10-17/h3-10,18-20,32,34H,11-13H2,1-2H3,(H2,26,33)(H,27,30)(H3,25,28,29)/t18-,19-,20-,24-/m0/s1. The van der Waals surface area contributed by atoms with Crippen molar-refractivity contribution >= 4 is 38.1 Å². The first-order valence-corrected chi connectivity index (χ1v) is 15.5. The zero-order chi connectivity index (χ0) is 31.6. The molecule has 0 radical (unpaired) electrons. The number of nitrogens with one attached hydrogen (secondary N) is 2. The van der Waals surface area contributed by atoms with Crippen LogP contribution in [0.2, 0.25) is 0 Å². The van der Waals surface area contributed by atoms with Crippen molar-refractivity contribution in [1.29, 1.82) is 0 Å². The highest BCUT2D eigenvalue weighted by Gasteiger charge is 2.59. The van der Waals surface area contributed by atoms with Gasteiger partial charge in [0, 0.05) is 6.54 Å². The van der Waals surface area contributed by atoms with Gasteiger partial charge in [-0.05, 0) is 55.0 Å². The number of nitrogens with two attached hydrogens (primary N) is 2. The lowest BCUT2D eigenvalue weighted by atomic mass is 9.91. The molecule has 0 aliphatic carbocycles. The van der Waals surface area contributed by atoms with Crippen molar-refractivity contribution in [3.8, 4) is 11.5 Å². The normalized spacial score (nSPS) is 24.0. The number of primary amides is 1. The molecule has 0 bridgehead atoms. The monoisotopic (exact) mass is 641 g/mol. The Kier molecular flexibility index (Phi) is 8.90. The second-order valence-corrected chi connectivity index (χ2v) is 12.8. The third-order valence-corrected chi connectivity index (χ3v) is 9.49. The highest BCUT2D eigenvalue weighted by atomic mass is 32.2. The molecule has 2 aliphatic rings. The molecule has 43 heavy (non-hydrogen) atoms. The maximum Gasteiger partial charge on any atom is 0.404 e. The van der Waals surface area contributed by atoms with Gasteiger partial charge in [0.25, 0.3) is 20.0 Å². The molecule has 1 fully saturated rings. The minimum Gasteiger partial charge on any atom is -0.497 e. The number of methoxy groups -OCH3 is 2. The van der Waals surface area contributed by atoms with Gasteiger partial charge in [0.1, 0.15) is 36.3 Å². The maximum atomic E-state index is 13.2. The number of carbonyl (C=O) groups is 1. The molecule has 19 heteroatoms. The topological polar surface area (TPSA) is 258 Å². The van der Waals surface area contributed by atoms with E-state index in [0.717, 1.165) is 4.90 Å². The van der Waals surface area contributed by atoms with E-state index in [2.05, 4.69) is 19.4 Å². The van der Waals surface area contributed by atoms with Crippen LogP contribution in [-0.2, 0) is 24.8 Å². The highest BCUT2D eigenvalue weighted by Crippen LogP contribution is 2.38. The van der Waals surface area contributed by atoms with Gasteiger partial charge in [-0.1, -0.05) is 0 Å². The molecule has 17 nitrogen and oxygen atoms in total. The van der Waals surface area contributed by atoms with Gasteiger partial charge in [-0.25, -0.2) is 41.1 Å². The number of hydrogen-bond donors (Lipinski definition) is 6. The minimum absolute atomic E-state index is 0.0628. The van der Waals surface area contributed by atoms with Crippen LogP contribution in [0.1, 0.15) is 6.42 Å². The molecule has 0 saturated carbocycles. The van der Waals surface area contributed by atoms with Gasteiger partial charge < -0.3 is 40.8 Å². The summed E-state index contributed by atoms with van der Waals surface area (Å²) in [5.74, 6) is -0.268. The molecular weight excluding hydrogens is 610 g/mol. The number of aliphatic imine (C=N–C) groups is 2. The first-order valence-electron chi connectivity index (χ1n) is 12.6. The number of aliphatic hydroxyl groups is 2. The van der Waals surface area contributed by atoms with Gasteiger partial charge in [0.2, 0.25) is 11.9 Å². The number of nitrogens with zero attached hydrogens (tertiary/aromatic N) is 3. The minimum atomic E-state index is -4.29. The van der Waals surface area contributed by atoms with Gasteiger partial charge >= 0.3 is 6.09 Å². The van der Waals surface area contributed by atoms with E-state index < -0.39 is 68.6 Å². The lowest BCUT2D eigenvalue weighted by Crippen LogP contribution is -2.69. The highest BCUT2D eigenvalue weighted by molar-refractivity contribution is 7.90. The van der Waals surface area contributed by atoms with Crippen LogP contribution < -0.4 is 30.4 Å². The summed E-state index contributed by atoms with van der Waals surface area (Å²) in [5.41, 5.74) is 8.69. The number of fused-ring (bicyclic) bond motifs is 1. The molecule has 1 saturated heterocycles. The maximum absolute atomic E-state index is 13.2. The van der Waals surface area contributed by atoms with Crippen molar-refractivity contribution in [3.05, 3.63) is 48.5 Å². The summed E-state index contributed by atoms with van der Waals surface area (Å²) in [7, 11) is -5.72. The van der Waals surface area contributed by atoms with E-state index >= 15 is 0 Å². The fourth-order valence-electron chi connectivity index (χ4n) is 4.66. The van der Waals surface area contributed by atoms with Crippen LogP contribution in [0.3, 0.4) is 0 Å². The molecule has 234 valence electrons. The van der Waals surface area contributed by atoms with Crippen molar-refractivity contribution in [3.63, 3.8) is 0 Å². The second-order valence-electron chi connectivity index (χ2n) is 9.41. The van der Waals surface area contributed by atoms with E-state index in [9.17, 15) is 31.8 Å². The Labute approximate surface area is 247 Å². The number of ether oxygens (including phenoxy) is 3. The van der Waals surface area contributed by atoms with E-state index in [1.165, 1.54) is 62.8 Å². The molecule has 0 unspecified atom stereocenters. The first-order chi connectivity index (χ1) is 20.2. The second kappa shape index (κ2) is 12.1. The quantitative estimate of drug-likeness (QED) is 0.131. The molecule has 0 aromatic heterocycles. The van der Waals surface area contributed by atoms with Gasteiger partial charge in [-0.15, -0.1) is 0 Å². The number of amides is 1. The van der Waals surface area contributed by atoms with E-state index in [1.54, 1.807) is 0 Å². The number of aliphatic hydroxyl groups excluding tert-OH is 1. The average Bonchev–Trinajstić information content (AvgIpc) is 3.28. The Morgan fingerprint density at radius 3 is 2.07 bits per heavy atom. The summed E-state index contributed by atoms with van der Waals surface area (Å²) in [6.07, 6.45) is -2.82. The predicted molar refractivity (Wildman–Crippen MR) is 151 cm³/mol. The largest absolute Gasteiger partial charge is 0.497 e. The first kappa shape index (κ1) is 31.6. The van der Waals surface area contributed by atoms with Crippen molar-refractivity contribution < 1.29 is 46.1 Å². The Hall–Kier alpha value is -4.33. The van der Waals surface area contributed by atoms with E-state index in [0.29, 0.717) is 11.5 Å². The predicted octanol–water partition coefficient (Wildman–Crippen LogP) is -1.77. The van der Waals surface area contributed by atoms with Gasteiger partial charge in [0.05, 0.1) is 24.0 Å². The molecule has 2 aliphatic heterocycles. The number of benzene rings is 2. The summed E-state index contributed by atoms with van der Waals surface area (Å²) >= 11 is 0. The molecule has 0 spiro atoms. The SMILES string of the molecule is COc1ccc(S(=O)(=O)NC(N)=N[C@H]2[C@H](COC(N)=O)N=C(NS(=O)(=O)c3ccc(OC)cc3)N3CC[C@H](O)[C@]23O)cc1. The number of guanidine groups is 2. The lowest BCUT2D eigenvalue weighted by molar-refractivity contribution is -0.142. The van der Waals surface area contributed by atoms with Crippen LogP contribution in [-0.4, -0.2) is 101 Å². The fraction of sp³-hybridized carbons (Fsp3) is 0.375. The summed E-state index contributed by atoms with van der Waals surface area (Å²) in [6.45, 7) is -0.729. The summed E-state index contributed by atoms with van der Waals surface area (Å²) < 4.78 is 71.5. The van der Waals surface area contributed by atoms with Gasteiger partial charge in [0.15, 0.2) is 5.72 Å². The summed E-state index contributed by atoms with van der Waals surface area (Å²) in [4.78, 5) is 20.6. The Bertz CT molecular complexity index is 1620. The molecule has 2 aromatic carbocycles. The van der Waals surface area contributed by atoms with Crippen LogP contribution in [0.4, 0.5) is 4.79 Å². The van der Waals surface area contributed by atoms with Gasteiger partial charge in [-0.3, -0.25) is 0 Å². The fourth-order valence-corrected chi connectivity index (χ4v) is 6.61.